The number of carboxylic acids is 1. The molecule has 0 aliphatic heterocycles. The van der Waals surface area contributed by atoms with Gasteiger partial charge in [-0.15, -0.1) is 11.8 Å². The fourth-order valence-corrected chi connectivity index (χ4v) is 3.18. The van der Waals surface area contributed by atoms with Gasteiger partial charge in [-0.2, -0.15) is 0 Å². The molecule has 1 aliphatic carbocycles. The van der Waals surface area contributed by atoms with Crippen molar-refractivity contribution in [3.05, 3.63) is 28.9 Å². The molecule has 1 saturated carbocycles. The van der Waals surface area contributed by atoms with Gasteiger partial charge in [-0.25, -0.2) is 9.78 Å². The summed E-state index contributed by atoms with van der Waals surface area (Å²) < 4.78 is 0. The number of thioether (sulfide) groups is 1. The first kappa shape index (κ1) is 14.4. The van der Waals surface area contributed by atoms with E-state index >= 15 is 0 Å². The fourth-order valence-electron chi connectivity index (χ4n) is 2.37. The number of rotatable bonds is 4. The minimum atomic E-state index is -0.915. The van der Waals surface area contributed by atoms with E-state index in [2.05, 4.69) is 4.98 Å². The van der Waals surface area contributed by atoms with Crippen molar-refractivity contribution in [1.82, 2.24) is 4.98 Å². The molecular formula is C14H16ClNO2S. The van der Waals surface area contributed by atoms with E-state index in [1.807, 2.05) is 12.3 Å². The van der Waals surface area contributed by atoms with Crippen molar-refractivity contribution in [2.75, 3.05) is 6.26 Å². The van der Waals surface area contributed by atoms with Gasteiger partial charge in [0.2, 0.25) is 0 Å². The fraction of sp³-hybridized carbons (Fsp3) is 0.429. The highest BCUT2D eigenvalue weighted by Gasteiger charge is 2.18. The maximum absolute atomic E-state index is 11.4. The van der Waals surface area contributed by atoms with Crippen molar-refractivity contribution in [2.45, 2.75) is 30.7 Å². The summed E-state index contributed by atoms with van der Waals surface area (Å²) in [4.78, 5) is 15.6. The number of hydrogen-bond donors (Lipinski definition) is 1. The van der Waals surface area contributed by atoms with E-state index in [9.17, 15) is 9.90 Å². The molecule has 0 spiro atoms. The van der Waals surface area contributed by atoms with Crippen LogP contribution in [0.5, 0.6) is 0 Å². The van der Waals surface area contributed by atoms with Gasteiger partial charge in [0.15, 0.2) is 0 Å². The summed E-state index contributed by atoms with van der Waals surface area (Å²) in [7, 11) is 0. The number of aliphatic carboxylic acids is 1. The molecule has 0 bridgehead atoms. The molecule has 5 heteroatoms. The zero-order valence-corrected chi connectivity index (χ0v) is 12.3. The predicted molar refractivity (Wildman–Crippen MR) is 78.6 cm³/mol. The summed E-state index contributed by atoms with van der Waals surface area (Å²) >= 11 is 7.54. The summed E-state index contributed by atoms with van der Waals surface area (Å²) in [5.41, 5.74) is 0.899. The standard InChI is InChI=1S/C14H16ClNO2S/c1-19-13-12(15)7-10(8-16-13)11(14(17)18)6-9-4-2-3-5-9/h6-9H,2-5H2,1H3,(H,17,18)/b11-6+. The van der Waals surface area contributed by atoms with Crippen molar-refractivity contribution in [3.8, 4) is 0 Å². The lowest BCUT2D eigenvalue weighted by molar-refractivity contribution is -0.130. The number of nitrogens with zero attached hydrogens (tertiary/aromatic N) is 1. The molecule has 0 aromatic carbocycles. The van der Waals surface area contributed by atoms with Gasteiger partial charge in [-0.05, 0) is 31.1 Å². The molecule has 1 aromatic heterocycles. The topological polar surface area (TPSA) is 50.2 Å². The Morgan fingerprint density at radius 2 is 2.21 bits per heavy atom. The van der Waals surface area contributed by atoms with Gasteiger partial charge < -0.3 is 5.11 Å². The first-order valence-corrected chi connectivity index (χ1v) is 7.87. The Morgan fingerprint density at radius 1 is 1.53 bits per heavy atom. The van der Waals surface area contributed by atoms with Crippen LogP contribution >= 0.6 is 23.4 Å². The molecule has 1 N–H and O–H groups in total. The molecule has 1 aliphatic rings. The van der Waals surface area contributed by atoms with Crippen molar-refractivity contribution in [1.29, 1.82) is 0 Å². The van der Waals surface area contributed by atoms with Crippen LogP contribution < -0.4 is 0 Å². The second-order valence-electron chi connectivity index (χ2n) is 4.65. The number of halogens is 1. The Kier molecular flexibility index (Phi) is 4.88. The van der Waals surface area contributed by atoms with E-state index in [-0.39, 0.29) is 0 Å². The van der Waals surface area contributed by atoms with Crippen LogP contribution in [0.4, 0.5) is 0 Å². The molecule has 0 unspecified atom stereocenters. The molecule has 2 rings (SSSR count). The molecule has 1 heterocycles. The van der Waals surface area contributed by atoms with Crippen LogP contribution in [0.3, 0.4) is 0 Å². The Hall–Kier alpha value is -1.00. The number of allylic oxidation sites excluding steroid dienone is 1. The lowest BCUT2D eigenvalue weighted by Crippen LogP contribution is -2.03. The Balaban J connectivity index is 2.33. The zero-order chi connectivity index (χ0) is 13.8. The summed E-state index contributed by atoms with van der Waals surface area (Å²) in [6, 6.07) is 1.69. The van der Waals surface area contributed by atoms with Gasteiger partial charge in [-0.3, -0.25) is 0 Å². The van der Waals surface area contributed by atoms with Crippen molar-refractivity contribution >= 4 is 34.9 Å². The summed E-state index contributed by atoms with van der Waals surface area (Å²) in [6.07, 6.45) is 9.84. The van der Waals surface area contributed by atoms with E-state index in [0.717, 1.165) is 17.9 Å². The van der Waals surface area contributed by atoms with E-state index in [1.54, 1.807) is 12.3 Å². The second kappa shape index (κ2) is 6.44. The minimum Gasteiger partial charge on any atom is -0.478 e. The number of hydrogen-bond acceptors (Lipinski definition) is 3. The van der Waals surface area contributed by atoms with Crippen molar-refractivity contribution in [2.24, 2.45) is 5.92 Å². The lowest BCUT2D eigenvalue weighted by atomic mass is 10.00. The van der Waals surface area contributed by atoms with Crippen LogP contribution in [0.1, 0.15) is 31.2 Å². The Labute approximate surface area is 122 Å². The molecule has 1 aromatic rings. The first-order valence-electron chi connectivity index (χ1n) is 6.27. The number of carbonyl (C=O) groups is 1. The highest BCUT2D eigenvalue weighted by molar-refractivity contribution is 7.98. The van der Waals surface area contributed by atoms with E-state index in [4.69, 9.17) is 11.6 Å². The molecule has 3 nitrogen and oxygen atoms in total. The minimum absolute atomic E-state index is 0.314. The maximum Gasteiger partial charge on any atom is 0.336 e. The van der Waals surface area contributed by atoms with E-state index < -0.39 is 5.97 Å². The first-order chi connectivity index (χ1) is 9.11. The van der Waals surface area contributed by atoms with Gasteiger partial charge in [0.05, 0.1) is 10.6 Å². The summed E-state index contributed by atoms with van der Waals surface area (Å²) in [6.45, 7) is 0. The molecule has 19 heavy (non-hydrogen) atoms. The SMILES string of the molecule is CSc1ncc(/C(=C\C2CCCC2)C(=O)O)cc1Cl. The third kappa shape index (κ3) is 3.51. The molecule has 102 valence electrons. The maximum atomic E-state index is 11.4. The van der Waals surface area contributed by atoms with Crippen LogP contribution in [0.15, 0.2) is 23.4 Å². The summed E-state index contributed by atoms with van der Waals surface area (Å²) in [5, 5.41) is 10.6. The Morgan fingerprint density at radius 3 is 2.74 bits per heavy atom. The highest BCUT2D eigenvalue weighted by Crippen LogP contribution is 2.31. The number of aromatic nitrogens is 1. The zero-order valence-electron chi connectivity index (χ0n) is 10.7. The van der Waals surface area contributed by atoms with Gasteiger partial charge in [0.1, 0.15) is 5.03 Å². The van der Waals surface area contributed by atoms with Crippen LogP contribution in [0, 0.1) is 5.92 Å². The predicted octanol–water partition coefficient (Wildman–Crippen LogP) is 4.12. The molecule has 0 radical (unpaired) electrons. The normalized spacial score (nSPS) is 16.8. The van der Waals surface area contributed by atoms with Crippen LogP contribution in [0.25, 0.3) is 5.57 Å². The van der Waals surface area contributed by atoms with Crippen LogP contribution in [0.2, 0.25) is 5.02 Å². The van der Waals surface area contributed by atoms with Crippen molar-refractivity contribution in [3.63, 3.8) is 0 Å². The van der Waals surface area contributed by atoms with Crippen LogP contribution in [-0.2, 0) is 4.79 Å². The number of carboxylic acid groups (broad SMARTS) is 1. The van der Waals surface area contributed by atoms with Gasteiger partial charge in [0.25, 0.3) is 0 Å². The van der Waals surface area contributed by atoms with Gasteiger partial charge in [0, 0.05) is 11.8 Å². The average Bonchev–Trinajstić information content (AvgIpc) is 2.88. The third-order valence-corrected chi connectivity index (χ3v) is 4.46. The van der Waals surface area contributed by atoms with Crippen LogP contribution in [-0.4, -0.2) is 22.3 Å². The summed E-state index contributed by atoms with van der Waals surface area (Å²) in [5.74, 6) is -0.549. The quantitative estimate of drug-likeness (QED) is 0.671. The third-order valence-electron chi connectivity index (χ3n) is 3.34. The number of pyridine rings is 1. The van der Waals surface area contributed by atoms with E-state index in [0.29, 0.717) is 22.1 Å². The molecule has 1 fully saturated rings. The van der Waals surface area contributed by atoms with Gasteiger partial charge >= 0.3 is 5.97 Å². The second-order valence-corrected chi connectivity index (χ2v) is 5.85. The smallest absolute Gasteiger partial charge is 0.336 e. The monoisotopic (exact) mass is 297 g/mol. The van der Waals surface area contributed by atoms with Crippen molar-refractivity contribution < 1.29 is 9.90 Å². The molecule has 0 atom stereocenters. The Bertz CT molecular complexity index is 510. The molecule has 0 saturated heterocycles. The molecule has 0 amide bonds. The average molecular weight is 298 g/mol. The van der Waals surface area contributed by atoms with Gasteiger partial charge in [-0.1, -0.05) is 30.5 Å². The lowest BCUT2D eigenvalue weighted by Gasteiger charge is -2.08. The molecular weight excluding hydrogens is 282 g/mol. The van der Waals surface area contributed by atoms with E-state index in [1.165, 1.54) is 24.6 Å². The highest BCUT2D eigenvalue weighted by atomic mass is 35.5. The largest absolute Gasteiger partial charge is 0.478 e.